The number of carbonyl (C=O) groups excluding carboxylic acids is 1. The fourth-order valence-electron chi connectivity index (χ4n) is 3.66. The number of halogens is 1. The maximum Gasteiger partial charge on any atom is 0.303 e. The molecule has 8 nitrogen and oxygen atoms in total. The molecule has 2 heterocycles. The molecule has 0 aliphatic carbocycles. The Balaban J connectivity index is 1.60. The van der Waals surface area contributed by atoms with E-state index in [0.29, 0.717) is 30.2 Å². The van der Waals surface area contributed by atoms with Crippen molar-refractivity contribution in [1.29, 1.82) is 0 Å². The second-order valence-corrected chi connectivity index (χ2v) is 8.33. The Morgan fingerprint density at radius 2 is 2.00 bits per heavy atom. The highest BCUT2D eigenvalue weighted by molar-refractivity contribution is 5.78. The lowest BCUT2D eigenvalue weighted by Crippen LogP contribution is -2.38. The first kappa shape index (κ1) is 20.9. The van der Waals surface area contributed by atoms with E-state index in [1.165, 1.54) is 12.1 Å². The quantitative estimate of drug-likeness (QED) is 0.730. The third kappa shape index (κ3) is 5.38. The van der Waals surface area contributed by atoms with Gasteiger partial charge in [-0.25, -0.2) is 4.39 Å². The Morgan fingerprint density at radius 3 is 2.66 bits per heavy atom. The molecule has 2 unspecified atom stereocenters. The summed E-state index contributed by atoms with van der Waals surface area (Å²) >= 11 is 0. The summed E-state index contributed by atoms with van der Waals surface area (Å²) in [5.41, 5.74) is 0.0451. The van der Waals surface area contributed by atoms with Crippen LogP contribution in [0.25, 0.3) is 11.4 Å². The van der Waals surface area contributed by atoms with Crippen molar-refractivity contribution in [2.75, 3.05) is 13.6 Å². The van der Waals surface area contributed by atoms with Crippen molar-refractivity contribution in [1.82, 2.24) is 20.4 Å². The summed E-state index contributed by atoms with van der Waals surface area (Å²) in [4.78, 5) is 29.7. The van der Waals surface area contributed by atoms with Crippen LogP contribution in [0.15, 0.2) is 28.8 Å². The SMILES string of the molecule is CN1CC(NC(=O)CC(C)(C)CC(=O)O)CC1c1nc(-c2ccc(F)cc2)no1. The number of likely N-dealkylation sites (tertiary alicyclic amines) is 1. The van der Waals surface area contributed by atoms with Gasteiger partial charge < -0.3 is 14.9 Å². The van der Waals surface area contributed by atoms with Gasteiger partial charge in [0.15, 0.2) is 0 Å². The number of carboxylic acid groups (broad SMARTS) is 1. The number of aliphatic carboxylic acids is 1. The fourth-order valence-corrected chi connectivity index (χ4v) is 3.66. The van der Waals surface area contributed by atoms with Gasteiger partial charge in [-0.2, -0.15) is 4.98 Å². The number of aromatic nitrogens is 2. The van der Waals surface area contributed by atoms with Crippen molar-refractivity contribution in [3.8, 4) is 11.4 Å². The number of likely N-dealkylation sites (N-methyl/N-ethyl adjacent to an activating group) is 1. The molecule has 2 atom stereocenters. The van der Waals surface area contributed by atoms with Crippen LogP contribution in [-0.4, -0.2) is 51.7 Å². The van der Waals surface area contributed by atoms with Gasteiger partial charge in [0.25, 0.3) is 0 Å². The predicted molar refractivity (Wildman–Crippen MR) is 102 cm³/mol. The summed E-state index contributed by atoms with van der Waals surface area (Å²) in [6, 6.07) is 5.61. The van der Waals surface area contributed by atoms with E-state index < -0.39 is 11.4 Å². The van der Waals surface area contributed by atoms with Gasteiger partial charge in [0.1, 0.15) is 5.82 Å². The predicted octanol–water partition coefficient (Wildman–Crippen LogP) is 2.63. The fraction of sp³-hybridized carbons (Fsp3) is 0.500. The van der Waals surface area contributed by atoms with Crippen molar-refractivity contribution in [2.24, 2.45) is 5.41 Å². The van der Waals surface area contributed by atoms with Crippen LogP contribution in [0.4, 0.5) is 4.39 Å². The molecule has 1 aliphatic rings. The topological polar surface area (TPSA) is 109 Å². The third-order valence-electron chi connectivity index (χ3n) is 5.01. The second kappa shape index (κ2) is 8.28. The van der Waals surface area contributed by atoms with Crippen LogP contribution in [0, 0.1) is 11.2 Å². The molecule has 0 bridgehead atoms. The molecule has 29 heavy (non-hydrogen) atoms. The number of benzene rings is 1. The Bertz CT molecular complexity index is 881. The molecule has 0 saturated carbocycles. The molecular formula is C20H25FN4O4. The zero-order valence-corrected chi connectivity index (χ0v) is 16.7. The number of carbonyl (C=O) groups is 2. The average molecular weight is 404 g/mol. The van der Waals surface area contributed by atoms with Crippen LogP contribution in [0.5, 0.6) is 0 Å². The molecule has 1 aromatic carbocycles. The largest absolute Gasteiger partial charge is 0.481 e. The molecule has 1 saturated heterocycles. The lowest BCUT2D eigenvalue weighted by Gasteiger charge is -2.22. The van der Waals surface area contributed by atoms with Crippen molar-refractivity contribution < 1.29 is 23.6 Å². The Hall–Kier alpha value is -2.81. The van der Waals surface area contributed by atoms with Crippen LogP contribution in [0.1, 0.15) is 45.0 Å². The Kier molecular flexibility index (Phi) is 5.97. The number of hydrogen-bond acceptors (Lipinski definition) is 6. The van der Waals surface area contributed by atoms with Crippen LogP contribution < -0.4 is 5.32 Å². The van der Waals surface area contributed by atoms with Crippen molar-refractivity contribution in [2.45, 2.75) is 45.2 Å². The monoisotopic (exact) mass is 404 g/mol. The van der Waals surface area contributed by atoms with E-state index in [1.54, 1.807) is 26.0 Å². The van der Waals surface area contributed by atoms with Gasteiger partial charge in [-0.3, -0.25) is 14.5 Å². The van der Waals surface area contributed by atoms with Crippen molar-refractivity contribution in [3.63, 3.8) is 0 Å². The first-order valence-electron chi connectivity index (χ1n) is 9.44. The van der Waals surface area contributed by atoms with Gasteiger partial charge in [-0.15, -0.1) is 0 Å². The molecule has 0 radical (unpaired) electrons. The number of amides is 1. The number of nitrogens with zero attached hydrogens (tertiary/aromatic N) is 3. The van der Waals surface area contributed by atoms with Gasteiger partial charge in [0.2, 0.25) is 17.6 Å². The van der Waals surface area contributed by atoms with Crippen molar-refractivity contribution in [3.05, 3.63) is 36.0 Å². The minimum absolute atomic E-state index is 0.0677. The van der Waals surface area contributed by atoms with Crippen molar-refractivity contribution >= 4 is 11.9 Å². The summed E-state index contributed by atoms with van der Waals surface area (Å²) in [5.74, 6) is -0.603. The summed E-state index contributed by atoms with van der Waals surface area (Å²) in [6.45, 7) is 4.14. The van der Waals surface area contributed by atoms with Gasteiger partial charge in [0, 0.05) is 24.6 Å². The van der Waals surface area contributed by atoms with E-state index in [1.807, 2.05) is 11.9 Å². The van der Waals surface area contributed by atoms with Crippen LogP contribution >= 0.6 is 0 Å². The summed E-state index contributed by atoms with van der Waals surface area (Å²) in [6.07, 6.45) is 0.674. The molecule has 1 amide bonds. The second-order valence-electron chi connectivity index (χ2n) is 8.33. The molecule has 1 fully saturated rings. The average Bonchev–Trinajstić information content (AvgIpc) is 3.20. The zero-order valence-electron chi connectivity index (χ0n) is 16.7. The normalized spacial score (nSPS) is 20.0. The third-order valence-corrected chi connectivity index (χ3v) is 5.01. The maximum atomic E-state index is 13.1. The van der Waals surface area contributed by atoms with Crippen LogP contribution in [-0.2, 0) is 9.59 Å². The summed E-state index contributed by atoms with van der Waals surface area (Å²) in [7, 11) is 1.91. The van der Waals surface area contributed by atoms with Gasteiger partial charge in [-0.1, -0.05) is 19.0 Å². The molecule has 0 spiro atoms. The number of nitrogens with one attached hydrogen (secondary N) is 1. The zero-order chi connectivity index (χ0) is 21.2. The van der Waals surface area contributed by atoms with Gasteiger partial charge in [-0.05, 0) is 43.1 Å². The van der Waals surface area contributed by atoms with Gasteiger partial charge >= 0.3 is 5.97 Å². The maximum absolute atomic E-state index is 13.1. The van der Waals surface area contributed by atoms with E-state index in [4.69, 9.17) is 9.63 Å². The minimum atomic E-state index is -0.920. The molecular weight excluding hydrogens is 379 g/mol. The van der Waals surface area contributed by atoms with Crippen LogP contribution in [0.3, 0.4) is 0 Å². The molecule has 2 N–H and O–H groups in total. The molecule has 3 rings (SSSR count). The van der Waals surface area contributed by atoms with E-state index in [9.17, 15) is 14.0 Å². The standard InChI is InChI=1S/C20H25FN4O4/c1-20(2,10-17(27)28)9-16(26)22-14-8-15(25(3)11-14)19-23-18(24-29-19)12-4-6-13(21)7-5-12/h4-7,14-15H,8-11H2,1-3H3,(H,22,26)(H,27,28). The Labute approximate surface area is 168 Å². The highest BCUT2D eigenvalue weighted by atomic mass is 19.1. The lowest BCUT2D eigenvalue weighted by molar-refractivity contribution is -0.139. The first-order chi connectivity index (χ1) is 13.6. The highest BCUT2D eigenvalue weighted by Crippen LogP contribution is 2.31. The summed E-state index contributed by atoms with van der Waals surface area (Å²) in [5, 5.41) is 15.9. The molecule has 1 aromatic heterocycles. The van der Waals surface area contributed by atoms with E-state index in [-0.39, 0.29) is 36.6 Å². The minimum Gasteiger partial charge on any atom is -0.481 e. The van der Waals surface area contributed by atoms with Gasteiger partial charge in [0.05, 0.1) is 12.5 Å². The first-order valence-corrected chi connectivity index (χ1v) is 9.44. The molecule has 9 heteroatoms. The Morgan fingerprint density at radius 1 is 1.31 bits per heavy atom. The molecule has 2 aromatic rings. The van der Waals surface area contributed by atoms with Crippen LogP contribution in [0.2, 0.25) is 0 Å². The highest BCUT2D eigenvalue weighted by Gasteiger charge is 2.36. The van der Waals surface area contributed by atoms with E-state index in [2.05, 4.69) is 15.5 Å². The summed E-state index contributed by atoms with van der Waals surface area (Å²) < 4.78 is 18.5. The smallest absolute Gasteiger partial charge is 0.303 e. The lowest BCUT2D eigenvalue weighted by atomic mass is 9.85. The van der Waals surface area contributed by atoms with E-state index in [0.717, 1.165) is 0 Å². The molecule has 1 aliphatic heterocycles. The molecule has 156 valence electrons. The number of hydrogen-bond donors (Lipinski definition) is 2. The number of rotatable bonds is 7. The van der Waals surface area contributed by atoms with E-state index >= 15 is 0 Å². The number of carboxylic acids is 1.